The first-order valence-electron chi connectivity index (χ1n) is 13.1. The molecular weight excluding hydrogens is 456 g/mol. The summed E-state index contributed by atoms with van der Waals surface area (Å²) in [5.74, 6) is 0.675. The molecule has 3 heterocycles. The van der Waals surface area contributed by atoms with E-state index in [2.05, 4.69) is 22.8 Å². The van der Waals surface area contributed by atoms with Gasteiger partial charge in [0.1, 0.15) is 17.6 Å². The van der Waals surface area contributed by atoms with Gasteiger partial charge in [-0.15, -0.1) is 0 Å². The molecule has 1 fully saturated rings. The van der Waals surface area contributed by atoms with Crippen LogP contribution in [0.15, 0.2) is 36.4 Å². The van der Waals surface area contributed by atoms with Crippen LogP contribution in [0.25, 0.3) is 0 Å². The Morgan fingerprint density at radius 1 is 1.19 bits per heavy atom. The first-order chi connectivity index (χ1) is 17.4. The lowest BCUT2D eigenvalue weighted by atomic mass is 9.93. The summed E-state index contributed by atoms with van der Waals surface area (Å²) in [5.41, 5.74) is 2.99. The van der Waals surface area contributed by atoms with Crippen molar-refractivity contribution in [1.82, 2.24) is 15.2 Å². The van der Waals surface area contributed by atoms with E-state index < -0.39 is 12.0 Å². The van der Waals surface area contributed by atoms with Crippen LogP contribution in [0.3, 0.4) is 0 Å². The van der Waals surface area contributed by atoms with E-state index in [-0.39, 0.29) is 17.9 Å². The number of nitrogens with one attached hydrogen (secondary N) is 2. The minimum atomic E-state index is -0.899. The van der Waals surface area contributed by atoms with Crippen molar-refractivity contribution in [3.8, 4) is 5.75 Å². The second-order valence-corrected chi connectivity index (χ2v) is 9.99. The number of amides is 1. The highest BCUT2D eigenvalue weighted by atomic mass is 16.5. The number of aromatic nitrogens is 1. The monoisotopic (exact) mass is 494 g/mol. The number of nitrogens with zero attached hydrogens (tertiary/aromatic N) is 2. The zero-order valence-corrected chi connectivity index (χ0v) is 21.3. The van der Waals surface area contributed by atoms with Crippen molar-refractivity contribution in [3.05, 3.63) is 53.2 Å². The molecule has 1 atom stereocenters. The number of ether oxygens (including phenoxy) is 1. The maximum atomic E-state index is 12.8. The summed E-state index contributed by atoms with van der Waals surface area (Å²) in [4.78, 5) is 31.7. The lowest BCUT2D eigenvalue weighted by Gasteiger charge is -2.36. The molecular formula is C28H38N4O4. The highest BCUT2D eigenvalue weighted by Gasteiger charge is 2.34. The molecule has 3 N–H and O–H groups in total. The molecule has 194 valence electrons. The second-order valence-electron chi connectivity index (χ2n) is 9.99. The number of benzene rings is 1. The smallest absolute Gasteiger partial charge is 0.325 e. The van der Waals surface area contributed by atoms with Crippen LogP contribution in [0.4, 0.5) is 5.82 Å². The van der Waals surface area contributed by atoms with Crippen molar-refractivity contribution in [2.45, 2.75) is 64.5 Å². The van der Waals surface area contributed by atoms with Gasteiger partial charge in [-0.1, -0.05) is 24.3 Å². The number of aliphatic carboxylic acids is 1. The molecule has 0 saturated carbocycles. The zero-order valence-electron chi connectivity index (χ0n) is 21.3. The average Bonchev–Trinajstić information content (AvgIpc) is 2.87. The summed E-state index contributed by atoms with van der Waals surface area (Å²) < 4.78 is 5.88. The first kappa shape index (κ1) is 25.9. The van der Waals surface area contributed by atoms with E-state index >= 15 is 0 Å². The van der Waals surface area contributed by atoms with Crippen molar-refractivity contribution in [2.75, 3.05) is 31.5 Å². The quantitative estimate of drug-likeness (QED) is 0.432. The molecule has 8 heteroatoms. The van der Waals surface area contributed by atoms with Gasteiger partial charge in [-0.2, -0.15) is 0 Å². The molecule has 1 aromatic heterocycles. The Morgan fingerprint density at radius 3 is 2.72 bits per heavy atom. The number of hydrogen-bond donors (Lipinski definition) is 3. The number of piperidine rings is 1. The molecule has 0 aliphatic carbocycles. The van der Waals surface area contributed by atoms with Gasteiger partial charge in [0.05, 0.1) is 6.10 Å². The van der Waals surface area contributed by atoms with Gasteiger partial charge in [0, 0.05) is 43.4 Å². The predicted molar refractivity (Wildman–Crippen MR) is 139 cm³/mol. The summed E-state index contributed by atoms with van der Waals surface area (Å²) in [6.07, 6.45) is 5.12. The van der Waals surface area contributed by atoms with Gasteiger partial charge in [0.25, 0.3) is 0 Å². The van der Waals surface area contributed by atoms with E-state index in [4.69, 9.17) is 9.72 Å². The van der Waals surface area contributed by atoms with E-state index in [9.17, 15) is 14.7 Å². The molecule has 2 aromatic rings. The molecule has 36 heavy (non-hydrogen) atoms. The SMILES string of the molecule is CC(C)Oc1ccccc1[C@H](C(=O)O)N1CCC(C(=O)NCCCc2ccc3c(n2)NCCC3)CC1. The van der Waals surface area contributed by atoms with E-state index in [1.54, 1.807) is 0 Å². The lowest BCUT2D eigenvalue weighted by Crippen LogP contribution is -2.44. The van der Waals surface area contributed by atoms with Gasteiger partial charge in [0.2, 0.25) is 5.91 Å². The minimum absolute atomic E-state index is 0.0466. The van der Waals surface area contributed by atoms with Crippen molar-refractivity contribution >= 4 is 17.7 Å². The molecule has 0 unspecified atom stereocenters. The van der Waals surface area contributed by atoms with Gasteiger partial charge in [0.15, 0.2) is 0 Å². The number of anilines is 1. The van der Waals surface area contributed by atoms with Gasteiger partial charge < -0.3 is 20.5 Å². The normalized spacial score (nSPS) is 17.2. The van der Waals surface area contributed by atoms with Crippen molar-refractivity contribution in [1.29, 1.82) is 0 Å². The zero-order chi connectivity index (χ0) is 25.5. The minimum Gasteiger partial charge on any atom is -0.491 e. The van der Waals surface area contributed by atoms with Gasteiger partial charge in [-0.05, 0) is 70.1 Å². The van der Waals surface area contributed by atoms with Crippen LogP contribution in [0, 0.1) is 5.92 Å². The Bertz CT molecular complexity index is 1050. The number of likely N-dealkylation sites (tertiary alicyclic amines) is 1. The number of carbonyl (C=O) groups is 2. The number of carboxylic acids is 1. The fourth-order valence-corrected chi connectivity index (χ4v) is 5.11. The topological polar surface area (TPSA) is 104 Å². The Hall–Kier alpha value is -3.13. The van der Waals surface area contributed by atoms with Crippen LogP contribution in [-0.4, -0.2) is 59.1 Å². The van der Waals surface area contributed by atoms with Crippen molar-refractivity contribution < 1.29 is 19.4 Å². The number of hydrogen-bond acceptors (Lipinski definition) is 6. The van der Waals surface area contributed by atoms with Crippen LogP contribution < -0.4 is 15.4 Å². The molecule has 4 rings (SSSR count). The highest BCUT2D eigenvalue weighted by molar-refractivity contribution is 5.79. The maximum absolute atomic E-state index is 12.8. The number of fused-ring (bicyclic) bond motifs is 1. The summed E-state index contributed by atoms with van der Waals surface area (Å²) >= 11 is 0. The van der Waals surface area contributed by atoms with Crippen molar-refractivity contribution in [3.63, 3.8) is 0 Å². The average molecular weight is 495 g/mol. The molecule has 1 amide bonds. The number of para-hydroxylation sites is 1. The van der Waals surface area contributed by atoms with Crippen LogP contribution >= 0.6 is 0 Å². The van der Waals surface area contributed by atoms with E-state index in [1.165, 1.54) is 5.56 Å². The summed E-state index contributed by atoms with van der Waals surface area (Å²) in [6, 6.07) is 10.8. The Morgan fingerprint density at radius 2 is 1.97 bits per heavy atom. The van der Waals surface area contributed by atoms with Gasteiger partial charge in [-0.25, -0.2) is 4.98 Å². The molecule has 0 bridgehead atoms. The number of carbonyl (C=O) groups excluding carboxylic acids is 1. The summed E-state index contributed by atoms with van der Waals surface area (Å²) in [7, 11) is 0. The number of pyridine rings is 1. The van der Waals surface area contributed by atoms with Crippen molar-refractivity contribution in [2.24, 2.45) is 5.92 Å². The van der Waals surface area contributed by atoms with Crippen LogP contribution in [0.5, 0.6) is 5.75 Å². The molecule has 0 radical (unpaired) electrons. The second kappa shape index (κ2) is 12.2. The fourth-order valence-electron chi connectivity index (χ4n) is 5.11. The third-order valence-electron chi connectivity index (χ3n) is 6.94. The number of rotatable bonds is 10. The molecule has 0 spiro atoms. The van der Waals surface area contributed by atoms with Crippen LogP contribution in [-0.2, 0) is 22.4 Å². The molecule has 1 saturated heterocycles. The third kappa shape index (κ3) is 6.55. The summed E-state index contributed by atoms with van der Waals surface area (Å²) in [6.45, 7) is 6.55. The van der Waals surface area contributed by atoms with E-state index in [0.29, 0.717) is 43.8 Å². The van der Waals surface area contributed by atoms with Gasteiger partial charge in [-0.3, -0.25) is 14.5 Å². The lowest BCUT2D eigenvalue weighted by molar-refractivity contribution is -0.144. The van der Waals surface area contributed by atoms with E-state index in [1.807, 2.05) is 43.0 Å². The van der Waals surface area contributed by atoms with E-state index in [0.717, 1.165) is 43.7 Å². The number of aryl methyl sites for hydroxylation is 2. The molecule has 2 aliphatic rings. The largest absolute Gasteiger partial charge is 0.491 e. The molecule has 8 nitrogen and oxygen atoms in total. The predicted octanol–water partition coefficient (Wildman–Crippen LogP) is 3.81. The molecule has 2 aliphatic heterocycles. The highest BCUT2D eigenvalue weighted by Crippen LogP contribution is 2.33. The Labute approximate surface area is 213 Å². The maximum Gasteiger partial charge on any atom is 0.325 e. The first-order valence-corrected chi connectivity index (χ1v) is 13.1. The van der Waals surface area contributed by atoms with Crippen LogP contribution in [0.2, 0.25) is 0 Å². The van der Waals surface area contributed by atoms with Gasteiger partial charge >= 0.3 is 5.97 Å². The Kier molecular flexibility index (Phi) is 8.80. The fraction of sp³-hybridized carbons (Fsp3) is 0.536. The third-order valence-corrected chi connectivity index (χ3v) is 6.94. The standard InChI is InChI=1S/C28H38N4O4/c1-19(2)36-24-10-4-3-9-23(24)25(28(34)35)32-17-13-21(14-18-32)27(33)30-16-6-8-22-12-11-20-7-5-15-29-26(20)31-22/h3-4,9-12,19,21,25H,5-8,13-18H2,1-2H3,(H,29,31)(H,30,33)(H,34,35)/t25-/m1/s1. The molecule has 1 aromatic carbocycles. The number of carboxylic acid groups (broad SMARTS) is 1. The Balaban J connectivity index is 1.25. The summed E-state index contributed by atoms with van der Waals surface area (Å²) in [5, 5.41) is 16.5. The van der Waals surface area contributed by atoms with Crippen LogP contribution in [0.1, 0.15) is 62.4 Å².